The lowest BCUT2D eigenvalue weighted by Crippen LogP contribution is -2.50. The number of carbonyl (C=O) groups is 2. The summed E-state index contributed by atoms with van der Waals surface area (Å²) in [6, 6.07) is 0.525. The number of ether oxygens (including phenoxy) is 1. The van der Waals surface area contributed by atoms with Gasteiger partial charge in [0.15, 0.2) is 0 Å². The van der Waals surface area contributed by atoms with E-state index in [1.54, 1.807) is 0 Å². The molecule has 0 N–H and O–H groups in total. The maximum Gasteiger partial charge on any atom is 0.417 e. The fourth-order valence-corrected chi connectivity index (χ4v) is 4.41. The maximum absolute atomic E-state index is 12.9. The number of imidazole rings is 1. The van der Waals surface area contributed by atoms with E-state index in [1.165, 1.54) is 30.6 Å². The number of likely N-dealkylation sites (tertiary alicyclic amines) is 1. The van der Waals surface area contributed by atoms with Crippen LogP contribution in [0, 0.1) is 17.8 Å². The number of hydrogen-bond donors (Lipinski definition) is 0. The van der Waals surface area contributed by atoms with E-state index < -0.39 is 11.7 Å². The smallest absolute Gasteiger partial charge is 0.417 e. The lowest BCUT2D eigenvalue weighted by molar-refractivity contribution is -0.138. The number of amides is 2. The highest BCUT2D eigenvalue weighted by Crippen LogP contribution is 2.32. The molecule has 0 radical (unpaired) electrons. The van der Waals surface area contributed by atoms with E-state index in [4.69, 9.17) is 4.74 Å². The van der Waals surface area contributed by atoms with Gasteiger partial charge in [0.1, 0.15) is 5.60 Å². The van der Waals surface area contributed by atoms with Crippen molar-refractivity contribution in [2.45, 2.75) is 84.8 Å². The van der Waals surface area contributed by atoms with Gasteiger partial charge in [0.05, 0.1) is 12.0 Å². The molecule has 1 saturated heterocycles. The zero-order chi connectivity index (χ0) is 20.5. The molecule has 1 aromatic rings. The number of hydrogen-bond acceptors (Lipinski definition) is 4. The second kappa shape index (κ2) is 8.26. The summed E-state index contributed by atoms with van der Waals surface area (Å²) in [5.74, 6) is 0.732. The first kappa shape index (κ1) is 20.9. The zero-order valence-corrected chi connectivity index (χ0v) is 18.0. The van der Waals surface area contributed by atoms with E-state index in [-0.39, 0.29) is 17.7 Å². The monoisotopic (exact) mass is 389 g/mol. The molecule has 6 heteroatoms. The third-order valence-electron chi connectivity index (χ3n) is 5.93. The summed E-state index contributed by atoms with van der Waals surface area (Å²) in [7, 11) is 0. The Balaban J connectivity index is 1.65. The minimum absolute atomic E-state index is 0.131. The Kier molecular flexibility index (Phi) is 6.15. The molecule has 2 amide bonds. The standard InChI is InChI=1S/C22H35N3O3/c1-15-6-8-19(9-7-15)24-13-18(23-14-24)11-17-10-16(2)12-25(20(17)26)21(27)28-22(3,4)5/h13-17,19H,6-12H2,1-5H3/t15?,16-,17-,19?/m1/s1. The van der Waals surface area contributed by atoms with E-state index in [0.29, 0.717) is 19.0 Å². The Hall–Kier alpha value is -1.85. The van der Waals surface area contributed by atoms with Gasteiger partial charge in [0.2, 0.25) is 5.91 Å². The number of carbonyl (C=O) groups excluding carboxylic acids is 2. The van der Waals surface area contributed by atoms with Gasteiger partial charge in [-0.1, -0.05) is 13.8 Å². The largest absolute Gasteiger partial charge is 0.443 e. The van der Waals surface area contributed by atoms with E-state index >= 15 is 0 Å². The Bertz CT molecular complexity index is 698. The predicted molar refractivity (Wildman–Crippen MR) is 108 cm³/mol. The summed E-state index contributed by atoms with van der Waals surface area (Å²) in [5, 5.41) is 0. The van der Waals surface area contributed by atoms with Gasteiger partial charge < -0.3 is 9.30 Å². The van der Waals surface area contributed by atoms with Crippen LogP contribution in [0.1, 0.15) is 78.5 Å². The molecule has 0 spiro atoms. The Morgan fingerprint density at radius 2 is 1.86 bits per heavy atom. The molecule has 156 valence electrons. The molecule has 2 fully saturated rings. The van der Waals surface area contributed by atoms with Crippen molar-refractivity contribution in [2.24, 2.45) is 17.8 Å². The molecule has 2 heterocycles. The van der Waals surface area contributed by atoms with Crippen LogP contribution < -0.4 is 0 Å². The van der Waals surface area contributed by atoms with Crippen molar-refractivity contribution in [3.63, 3.8) is 0 Å². The van der Waals surface area contributed by atoms with Crippen molar-refractivity contribution < 1.29 is 14.3 Å². The molecule has 2 aliphatic rings. The van der Waals surface area contributed by atoms with Crippen LogP contribution in [0.3, 0.4) is 0 Å². The molecule has 28 heavy (non-hydrogen) atoms. The van der Waals surface area contributed by atoms with E-state index in [0.717, 1.165) is 18.0 Å². The molecule has 6 nitrogen and oxygen atoms in total. The molecule has 1 aliphatic carbocycles. The summed E-state index contributed by atoms with van der Waals surface area (Å²) in [6.45, 7) is 10.3. The molecule has 1 aromatic heterocycles. The van der Waals surface area contributed by atoms with Gasteiger partial charge in [-0.15, -0.1) is 0 Å². The molecule has 3 rings (SSSR count). The SMILES string of the molecule is CC1CCC(n2cnc(C[C@H]3C[C@@H](C)CN(C(=O)OC(C)(C)C)C3=O)c2)CC1. The molecule has 1 aliphatic heterocycles. The van der Waals surface area contributed by atoms with Crippen LogP contribution >= 0.6 is 0 Å². The van der Waals surface area contributed by atoms with Crippen molar-refractivity contribution in [3.8, 4) is 0 Å². The zero-order valence-electron chi connectivity index (χ0n) is 18.0. The van der Waals surface area contributed by atoms with Crippen molar-refractivity contribution in [1.82, 2.24) is 14.5 Å². The van der Waals surface area contributed by atoms with Crippen molar-refractivity contribution in [3.05, 3.63) is 18.2 Å². The molecule has 2 atom stereocenters. The van der Waals surface area contributed by atoms with Gasteiger partial charge >= 0.3 is 6.09 Å². The number of nitrogens with zero attached hydrogens (tertiary/aromatic N) is 3. The Labute approximate surface area is 168 Å². The highest BCUT2D eigenvalue weighted by Gasteiger charge is 2.38. The number of rotatable bonds is 3. The van der Waals surface area contributed by atoms with Crippen LogP contribution in [0.15, 0.2) is 12.5 Å². The first-order valence-electron chi connectivity index (χ1n) is 10.7. The third kappa shape index (κ3) is 5.15. The molecular weight excluding hydrogens is 354 g/mol. The number of piperidine rings is 1. The highest BCUT2D eigenvalue weighted by molar-refractivity contribution is 5.94. The molecule has 1 saturated carbocycles. The second-order valence-electron chi connectivity index (χ2n) is 9.90. The average molecular weight is 390 g/mol. The second-order valence-corrected chi connectivity index (χ2v) is 9.90. The van der Waals surface area contributed by atoms with Crippen molar-refractivity contribution in [2.75, 3.05) is 6.54 Å². The molecule has 0 unspecified atom stereocenters. The highest BCUT2D eigenvalue weighted by atomic mass is 16.6. The van der Waals surface area contributed by atoms with Crippen LogP contribution in [0.5, 0.6) is 0 Å². The predicted octanol–water partition coefficient (Wildman–Crippen LogP) is 4.60. The van der Waals surface area contributed by atoms with Crippen LogP contribution in [0.2, 0.25) is 0 Å². The van der Waals surface area contributed by atoms with Gasteiger partial charge in [-0.05, 0) is 64.7 Å². The lowest BCUT2D eigenvalue weighted by Gasteiger charge is -2.35. The third-order valence-corrected chi connectivity index (χ3v) is 5.93. The summed E-state index contributed by atoms with van der Waals surface area (Å²) in [4.78, 5) is 31.3. The van der Waals surface area contributed by atoms with Crippen LogP contribution in [0.4, 0.5) is 4.79 Å². The first-order valence-corrected chi connectivity index (χ1v) is 10.7. The molecular formula is C22H35N3O3. The normalized spacial score (nSPS) is 29.0. The van der Waals surface area contributed by atoms with Gasteiger partial charge in [0.25, 0.3) is 0 Å². The van der Waals surface area contributed by atoms with E-state index in [9.17, 15) is 9.59 Å². The van der Waals surface area contributed by atoms with Gasteiger partial charge in [0, 0.05) is 31.1 Å². The van der Waals surface area contributed by atoms with Crippen LogP contribution in [-0.2, 0) is 16.0 Å². The van der Waals surface area contributed by atoms with Crippen molar-refractivity contribution >= 4 is 12.0 Å². The minimum atomic E-state index is -0.607. The summed E-state index contributed by atoms with van der Waals surface area (Å²) in [6.07, 6.45) is 9.78. The van der Waals surface area contributed by atoms with Crippen LogP contribution in [0.25, 0.3) is 0 Å². The summed E-state index contributed by atoms with van der Waals surface area (Å²) in [5.41, 5.74) is 0.333. The Morgan fingerprint density at radius 1 is 1.18 bits per heavy atom. The molecule has 0 aromatic carbocycles. The summed E-state index contributed by atoms with van der Waals surface area (Å²) >= 11 is 0. The average Bonchev–Trinajstić information content (AvgIpc) is 3.05. The lowest BCUT2D eigenvalue weighted by atomic mass is 9.86. The van der Waals surface area contributed by atoms with Crippen molar-refractivity contribution in [1.29, 1.82) is 0 Å². The fraction of sp³-hybridized carbons (Fsp3) is 0.773. The fourth-order valence-electron chi connectivity index (χ4n) is 4.41. The van der Waals surface area contributed by atoms with Gasteiger partial charge in [-0.2, -0.15) is 0 Å². The minimum Gasteiger partial charge on any atom is -0.443 e. The topological polar surface area (TPSA) is 64.4 Å². The number of imide groups is 1. The van der Waals surface area contributed by atoms with E-state index in [2.05, 4.69) is 29.6 Å². The van der Waals surface area contributed by atoms with Gasteiger partial charge in [-0.3, -0.25) is 4.79 Å². The maximum atomic E-state index is 12.9. The van der Waals surface area contributed by atoms with Gasteiger partial charge in [-0.25, -0.2) is 14.7 Å². The van der Waals surface area contributed by atoms with Crippen LogP contribution in [-0.4, -0.2) is 38.6 Å². The number of aromatic nitrogens is 2. The Morgan fingerprint density at radius 3 is 2.50 bits per heavy atom. The van der Waals surface area contributed by atoms with E-state index in [1.807, 2.05) is 27.1 Å². The molecule has 0 bridgehead atoms. The quantitative estimate of drug-likeness (QED) is 0.758. The summed E-state index contributed by atoms with van der Waals surface area (Å²) < 4.78 is 7.66. The first-order chi connectivity index (χ1) is 13.1.